The van der Waals surface area contributed by atoms with Crippen LogP contribution < -0.4 is 4.90 Å². The lowest BCUT2D eigenvalue weighted by atomic mass is 9.91. The van der Waals surface area contributed by atoms with Gasteiger partial charge in [-0.25, -0.2) is 9.97 Å². The number of aromatic nitrogens is 2. The predicted octanol–water partition coefficient (Wildman–Crippen LogP) is 1.99. The van der Waals surface area contributed by atoms with E-state index in [0.29, 0.717) is 6.42 Å². The van der Waals surface area contributed by atoms with Crippen molar-refractivity contribution in [3.05, 3.63) is 17.0 Å². The van der Waals surface area contributed by atoms with Gasteiger partial charge in [0.15, 0.2) is 0 Å². The van der Waals surface area contributed by atoms with Gasteiger partial charge in [0, 0.05) is 44.7 Å². The van der Waals surface area contributed by atoms with Gasteiger partial charge in [0.05, 0.1) is 18.9 Å². The number of anilines is 1. The van der Waals surface area contributed by atoms with E-state index in [-0.39, 0.29) is 11.3 Å². The number of carbonyl (C=O) groups is 1. The van der Waals surface area contributed by atoms with Crippen LogP contribution in [-0.4, -0.2) is 60.2 Å². The summed E-state index contributed by atoms with van der Waals surface area (Å²) in [6.07, 6.45) is 2.25. The molecule has 3 rings (SSSR count). The highest BCUT2D eigenvalue weighted by Crippen LogP contribution is 2.24. The van der Waals surface area contributed by atoms with Crippen molar-refractivity contribution in [2.24, 2.45) is 5.41 Å². The van der Waals surface area contributed by atoms with Gasteiger partial charge in [-0.1, -0.05) is 20.8 Å². The van der Waals surface area contributed by atoms with Crippen molar-refractivity contribution in [1.82, 2.24) is 14.9 Å². The highest BCUT2D eigenvalue weighted by Gasteiger charge is 2.25. The first kappa shape index (κ1) is 18.1. The standard InChI is InChI=1S/C19H30N4O2/c1-14-15-5-7-22(17(24)13-19(2,3)4)8-6-16(15)21-18(20-14)23-9-11-25-12-10-23/h5-13H2,1-4H3. The number of carbonyl (C=O) groups excluding carboxylic acids is 1. The summed E-state index contributed by atoms with van der Waals surface area (Å²) in [6, 6.07) is 0. The SMILES string of the molecule is Cc1nc(N2CCOCC2)nc2c1CCN(C(=O)CC(C)(C)C)CC2. The van der Waals surface area contributed by atoms with Crippen LogP contribution in [0.3, 0.4) is 0 Å². The molecule has 0 unspecified atom stereocenters. The molecule has 0 aromatic carbocycles. The fourth-order valence-corrected chi connectivity index (χ4v) is 3.49. The quantitative estimate of drug-likeness (QED) is 0.820. The minimum atomic E-state index is 0.0233. The van der Waals surface area contributed by atoms with E-state index in [1.807, 2.05) is 4.90 Å². The molecule has 1 saturated heterocycles. The summed E-state index contributed by atoms with van der Waals surface area (Å²) in [5.41, 5.74) is 3.41. The Balaban J connectivity index is 1.75. The Morgan fingerprint density at radius 3 is 2.44 bits per heavy atom. The van der Waals surface area contributed by atoms with E-state index in [4.69, 9.17) is 14.7 Å². The second kappa shape index (κ2) is 7.28. The topological polar surface area (TPSA) is 58.6 Å². The van der Waals surface area contributed by atoms with E-state index in [2.05, 4.69) is 32.6 Å². The third kappa shape index (κ3) is 4.48. The Morgan fingerprint density at radius 2 is 1.76 bits per heavy atom. The first-order valence-corrected chi connectivity index (χ1v) is 9.30. The van der Waals surface area contributed by atoms with Gasteiger partial charge in [0.1, 0.15) is 0 Å². The van der Waals surface area contributed by atoms with Crippen LogP contribution in [0.15, 0.2) is 0 Å². The van der Waals surface area contributed by atoms with Gasteiger partial charge < -0.3 is 14.5 Å². The maximum Gasteiger partial charge on any atom is 0.225 e. The Hall–Kier alpha value is -1.69. The second-order valence-corrected chi connectivity index (χ2v) is 8.25. The van der Waals surface area contributed by atoms with Crippen LogP contribution >= 0.6 is 0 Å². The monoisotopic (exact) mass is 346 g/mol. The summed E-state index contributed by atoms with van der Waals surface area (Å²) < 4.78 is 5.42. The van der Waals surface area contributed by atoms with Crippen LogP contribution in [0.5, 0.6) is 0 Å². The molecule has 3 heterocycles. The molecule has 0 spiro atoms. The number of nitrogens with zero attached hydrogens (tertiary/aromatic N) is 4. The molecule has 0 saturated carbocycles. The number of hydrogen-bond acceptors (Lipinski definition) is 5. The molecule has 1 amide bonds. The number of ether oxygens (including phenoxy) is 1. The molecule has 0 radical (unpaired) electrons. The zero-order valence-corrected chi connectivity index (χ0v) is 16.0. The molecule has 0 N–H and O–H groups in total. The second-order valence-electron chi connectivity index (χ2n) is 8.25. The smallest absolute Gasteiger partial charge is 0.225 e. The zero-order valence-electron chi connectivity index (χ0n) is 16.0. The van der Waals surface area contributed by atoms with E-state index in [0.717, 1.165) is 69.6 Å². The van der Waals surface area contributed by atoms with Crippen molar-refractivity contribution in [2.75, 3.05) is 44.3 Å². The van der Waals surface area contributed by atoms with Gasteiger partial charge in [-0.05, 0) is 24.3 Å². The molecule has 138 valence electrons. The number of morpholine rings is 1. The lowest BCUT2D eigenvalue weighted by Crippen LogP contribution is -2.37. The maximum atomic E-state index is 12.6. The fraction of sp³-hybridized carbons (Fsp3) is 0.737. The molecule has 0 aliphatic carbocycles. The van der Waals surface area contributed by atoms with Gasteiger partial charge in [-0.15, -0.1) is 0 Å². The number of amides is 1. The molecule has 25 heavy (non-hydrogen) atoms. The first-order valence-electron chi connectivity index (χ1n) is 9.30. The summed E-state index contributed by atoms with van der Waals surface area (Å²) in [5, 5.41) is 0. The van der Waals surface area contributed by atoms with E-state index in [9.17, 15) is 4.79 Å². The summed E-state index contributed by atoms with van der Waals surface area (Å²) in [4.78, 5) is 26.4. The Morgan fingerprint density at radius 1 is 1.08 bits per heavy atom. The van der Waals surface area contributed by atoms with Gasteiger partial charge in [0.2, 0.25) is 11.9 Å². The largest absolute Gasteiger partial charge is 0.378 e. The Kier molecular flexibility index (Phi) is 5.27. The van der Waals surface area contributed by atoms with E-state index in [1.165, 1.54) is 5.56 Å². The van der Waals surface area contributed by atoms with Gasteiger partial charge in [-0.3, -0.25) is 4.79 Å². The molecule has 2 aliphatic heterocycles. The highest BCUT2D eigenvalue weighted by atomic mass is 16.5. The first-order chi connectivity index (χ1) is 11.8. The normalized spacial score (nSPS) is 18.7. The van der Waals surface area contributed by atoms with Crippen LogP contribution in [0, 0.1) is 12.3 Å². The highest BCUT2D eigenvalue weighted by molar-refractivity contribution is 5.77. The Bertz CT molecular complexity index is 633. The predicted molar refractivity (Wildman–Crippen MR) is 97.9 cm³/mol. The molecule has 0 bridgehead atoms. The van der Waals surface area contributed by atoms with Crippen molar-refractivity contribution in [1.29, 1.82) is 0 Å². The third-order valence-electron chi connectivity index (χ3n) is 4.87. The van der Waals surface area contributed by atoms with E-state index < -0.39 is 0 Å². The summed E-state index contributed by atoms with van der Waals surface area (Å²) >= 11 is 0. The van der Waals surface area contributed by atoms with Crippen molar-refractivity contribution in [3.8, 4) is 0 Å². The maximum absolute atomic E-state index is 12.6. The number of rotatable bonds is 2. The molecule has 1 aromatic heterocycles. The van der Waals surface area contributed by atoms with Gasteiger partial charge in [-0.2, -0.15) is 0 Å². The minimum absolute atomic E-state index is 0.0233. The van der Waals surface area contributed by atoms with E-state index in [1.54, 1.807) is 0 Å². The molecule has 6 nitrogen and oxygen atoms in total. The fourth-order valence-electron chi connectivity index (χ4n) is 3.49. The molecular formula is C19H30N4O2. The summed E-state index contributed by atoms with van der Waals surface area (Å²) in [5.74, 6) is 1.06. The number of aryl methyl sites for hydroxylation is 1. The lowest BCUT2D eigenvalue weighted by molar-refractivity contribution is -0.133. The summed E-state index contributed by atoms with van der Waals surface area (Å²) in [7, 11) is 0. The third-order valence-corrected chi connectivity index (χ3v) is 4.87. The molecule has 1 fully saturated rings. The zero-order chi connectivity index (χ0) is 18.0. The molecular weight excluding hydrogens is 316 g/mol. The van der Waals surface area contributed by atoms with Crippen LogP contribution in [0.2, 0.25) is 0 Å². The van der Waals surface area contributed by atoms with Gasteiger partial charge in [0.25, 0.3) is 0 Å². The van der Waals surface area contributed by atoms with Gasteiger partial charge >= 0.3 is 0 Å². The van der Waals surface area contributed by atoms with Crippen LogP contribution in [0.4, 0.5) is 5.95 Å². The molecule has 6 heteroatoms. The molecule has 1 aromatic rings. The van der Waals surface area contributed by atoms with Crippen LogP contribution in [0.25, 0.3) is 0 Å². The molecule has 0 atom stereocenters. The van der Waals surface area contributed by atoms with Crippen molar-refractivity contribution >= 4 is 11.9 Å². The lowest BCUT2D eigenvalue weighted by Gasteiger charge is -2.27. The van der Waals surface area contributed by atoms with Crippen molar-refractivity contribution < 1.29 is 9.53 Å². The van der Waals surface area contributed by atoms with Crippen molar-refractivity contribution in [2.45, 2.75) is 47.0 Å². The van der Waals surface area contributed by atoms with Crippen molar-refractivity contribution in [3.63, 3.8) is 0 Å². The van der Waals surface area contributed by atoms with Crippen LogP contribution in [0.1, 0.15) is 44.1 Å². The average molecular weight is 346 g/mol. The minimum Gasteiger partial charge on any atom is -0.378 e. The summed E-state index contributed by atoms with van der Waals surface area (Å²) in [6.45, 7) is 13.1. The molecule has 2 aliphatic rings. The van der Waals surface area contributed by atoms with Crippen LogP contribution in [-0.2, 0) is 22.4 Å². The van der Waals surface area contributed by atoms with E-state index >= 15 is 0 Å². The number of hydrogen-bond donors (Lipinski definition) is 0. The average Bonchev–Trinajstić information content (AvgIpc) is 2.77. The number of fused-ring (bicyclic) bond motifs is 1. The Labute approximate surface area is 150 Å².